The van der Waals surface area contributed by atoms with Crippen molar-refractivity contribution in [3.63, 3.8) is 0 Å². The minimum atomic E-state index is -3.55. The number of sulfonamides is 1. The van der Waals surface area contributed by atoms with Crippen LogP contribution in [-0.4, -0.2) is 21.4 Å². The monoisotopic (exact) mass is 410 g/mol. The molecule has 2 N–H and O–H groups in total. The van der Waals surface area contributed by atoms with E-state index in [1.807, 2.05) is 24.3 Å². The van der Waals surface area contributed by atoms with E-state index in [0.717, 1.165) is 10.0 Å². The molecule has 2 aromatic rings. The molecule has 7 heteroatoms. The standard InChI is InChI=1S/C17H19BrN2O3S/c1-12-6-8-15(11-16(12)24(22,23)19-2)20-17(21)9-7-13-4-3-5-14(18)10-13/h3-6,8,10-11,19H,7,9H2,1-2H3,(H,20,21). The van der Waals surface area contributed by atoms with Gasteiger partial charge in [-0.25, -0.2) is 13.1 Å². The largest absolute Gasteiger partial charge is 0.326 e. The van der Waals surface area contributed by atoms with Gasteiger partial charge in [-0.05, 0) is 55.8 Å². The lowest BCUT2D eigenvalue weighted by Crippen LogP contribution is -2.20. The van der Waals surface area contributed by atoms with Gasteiger partial charge in [0.15, 0.2) is 0 Å². The van der Waals surface area contributed by atoms with Crippen LogP contribution in [0.4, 0.5) is 5.69 Å². The Morgan fingerprint density at radius 1 is 1.17 bits per heavy atom. The summed E-state index contributed by atoms with van der Waals surface area (Å²) in [5.41, 5.74) is 2.15. The third kappa shape index (κ3) is 4.90. The van der Waals surface area contributed by atoms with Crippen molar-refractivity contribution in [2.24, 2.45) is 0 Å². The maximum absolute atomic E-state index is 12.1. The third-order valence-electron chi connectivity index (χ3n) is 3.56. The lowest BCUT2D eigenvalue weighted by atomic mass is 10.1. The van der Waals surface area contributed by atoms with Gasteiger partial charge in [0, 0.05) is 16.6 Å². The number of aryl methyl sites for hydroxylation is 2. The predicted molar refractivity (Wildman–Crippen MR) is 98.5 cm³/mol. The minimum absolute atomic E-state index is 0.161. The van der Waals surface area contributed by atoms with E-state index in [1.165, 1.54) is 13.1 Å². The first-order valence-electron chi connectivity index (χ1n) is 7.40. The third-order valence-corrected chi connectivity index (χ3v) is 5.61. The number of amides is 1. The average Bonchev–Trinajstić information content (AvgIpc) is 2.54. The van der Waals surface area contributed by atoms with Crippen molar-refractivity contribution in [2.45, 2.75) is 24.7 Å². The Labute approximate surface area is 150 Å². The van der Waals surface area contributed by atoms with Crippen molar-refractivity contribution in [2.75, 3.05) is 12.4 Å². The normalized spacial score (nSPS) is 11.3. The van der Waals surface area contributed by atoms with Crippen LogP contribution in [-0.2, 0) is 21.2 Å². The van der Waals surface area contributed by atoms with Crippen LogP contribution >= 0.6 is 15.9 Å². The number of carbonyl (C=O) groups is 1. The zero-order valence-corrected chi connectivity index (χ0v) is 15.9. The van der Waals surface area contributed by atoms with Gasteiger partial charge in [-0.15, -0.1) is 0 Å². The van der Waals surface area contributed by atoms with Gasteiger partial charge < -0.3 is 5.32 Å². The molecule has 0 aliphatic heterocycles. The number of benzene rings is 2. The van der Waals surface area contributed by atoms with Gasteiger partial charge in [0.2, 0.25) is 15.9 Å². The fraction of sp³-hybridized carbons (Fsp3) is 0.235. The van der Waals surface area contributed by atoms with Crippen LogP contribution in [0.25, 0.3) is 0 Å². The van der Waals surface area contributed by atoms with Crippen molar-refractivity contribution in [1.82, 2.24) is 4.72 Å². The highest BCUT2D eigenvalue weighted by Gasteiger charge is 2.15. The molecule has 0 spiro atoms. The zero-order valence-electron chi connectivity index (χ0n) is 13.5. The highest BCUT2D eigenvalue weighted by atomic mass is 79.9. The van der Waals surface area contributed by atoms with Crippen LogP contribution in [0, 0.1) is 6.92 Å². The first kappa shape index (κ1) is 18.6. The summed E-state index contributed by atoms with van der Waals surface area (Å²) in [6.45, 7) is 1.71. The Morgan fingerprint density at radius 3 is 2.58 bits per heavy atom. The fourth-order valence-electron chi connectivity index (χ4n) is 2.25. The van der Waals surface area contributed by atoms with Crippen LogP contribution in [0.3, 0.4) is 0 Å². The van der Waals surface area contributed by atoms with Crippen LogP contribution in [0.5, 0.6) is 0 Å². The summed E-state index contributed by atoms with van der Waals surface area (Å²) in [6, 6.07) is 12.6. The van der Waals surface area contributed by atoms with Crippen LogP contribution < -0.4 is 10.0 Å². The van der Waals surface area contributed by atoms with Gasteiger partial charge in [0.1, 0.15) is 0 Å². The topological polar surface area (TPSA) is 75.3 Å². The summed E-state index contributed by atoms with van der Waals surface area (Å²) in [5.74, 6) is -0.161. The van der Waals surface area contributed by atoms with E-state index < -0.39 is 10.0 Å². The molecule has 1 amide bonds. The Bertz CT molecular complexity index is 851. The number of anilines is 1. The molecule has 0 unspecified atom stereocenters. The molecule has 2 aromatic carbocycles. The van der Waals surface area contributed by atoms with Crippen LogP contribution in [0.2, 0.25) is 0 Å². The molecule has 0 aliphatic rings. The molecule has 24 heavy (non-hydrogen) atoms. The van der Waals surface area contributed by atoms with Crippen molar-refractivity contribution >= 4 is 37.5 Å². The summed E-state index contributed by atoms with van der Waals surface area (Å²) >= 11 is 3.40. The highest BCUT2D eigenvalue weighted by Crippen LogP contribution is 2.20. The summed E-state index contributed by atoms with van der Waals surface area (Å²) in [5, 5.41) is 2.75. The Balaban J connectivity index is 2.05. The number of halogens is 1. The second-order valence-corrected chi connectivity index (χ2v) is 8.14. The Hall–Kier alpha value is -1.70. The van der Waals surface area contributed by atoms with E-state index in [1.54, 1.807) is 19.1 Å². The predicted octanol–water partition coefficient (Wildman–Crippen LogP) is 3.24. The van der Waals surface area contributed by atoms with Gasteiger partial charge in [0.25, 0.3) is 0 Å². The molecule has 5 nitrogen and oxygen atoms in total. The summed E-state index contributed by atoms with van der Waals surface area (Å²) in [7, 11) is -2.19. The number of carbonyl (C=O) groups excluding carboxylic acids is 1. The Kier molecular flexibility index (Phi) is 6.15. The molecule has 0 fully saturated rings. The maximum atomic E-state index is 12.1. The number of hydrogen-bond acceptors (Lipinski definition) is 3. The lowest BCUT2D eigenvalue weighted by molar-refractivity contribution is -0.116. The van der Waals surface area contributed by atoms with Gasteiger partial charge in [0.05, 0.1) is 4.90 Å². The van der Waals surface area contributed by atoms with E-state index in [-0.39, 0.29) is 10.8 Å². The number of rotatable bonds is 6. The molecule has 0 saturated carbocycles. The Morgan fingerprint density at radius 2 is 1.92 bits per heavy atom. The summed E-state index contributed by atoms with van der Waals surface area (Å²) < 4.78 is 27.2. The molecule has 0 aromatic heterocycles. The molecule has 0 aliphatic carbocycles. The zero-order chi connectivity index (χ0) is 17.7. The maximum Gasteiger partial charge on any atom is 0.240 e. The molecule has 0 radical (unpaired) electrons. The van der Waals surface area contributed by atoms with Crippen LogP contribution in [0.15, 0.2) is 51.8 Å². The quantitative estimate of drug-likeness (QED) is 0.767. The van der Waals surface area contributed by atoms with Crippen molar-refractivity contribution in [1.29, 1.82) is 0 Å². The molecule has 0 heterocycles. The minimum Gasteiger partial charge on any atom is -0.326 e. The van der Waals surface area contributed by atoms with E-state index in [2.05, 4.69) is 26.0 Å². The molecular formula is C17H19BrN2O3S. The van der Waals surface area contributed by atoms with Crippen molar-refractivity contribution in [3.05, 3.63) is 58.1 Å². The lowest BCUT2D eigenvalue weighted by Gasteiger charge is -2.10. The molecule has 2 rings (SSSR count). The van der Waals surface area contributed by atoms with E-state index in [0.29, 0.717) is 24.1 Å². The fourth-order valence-corrected chi connectivity index (χ4v) is 3.69. The molecule has 0 atom stereocenters. The summed E-state index contributed by atoms with van der Waals surface area (Å²) in [6.07, 6.45) is 0.928. The SMILES string of the molecule is CNS(=O)(=O)c1cc(NC(=O)CCc2cccc(Br)c2)ccc1C. The van der Waals surface area contributed by atoms with Gasteiger partial charge in [-0.1, -0.05) is 34.1 Å². The van der Waals surface area contributed by atoms with E-state index >= 15 is 0 Å². The number of hydrogen-bond donors (Lipinski definition) is 2. The summed E-state index contributed by atoms with van der Waals surface area (Å²) in [4.78, 5) is 12.3. The second-order valence-electron chi connectivity index (χ2n) is 5.37. The van der Waals surface area contributed by atoms with E-state index in [9.17, 15) is 13.2 Å². The van der Waals surface area contributed by atoms with Gasteiger partial charge in [-0.2, -0.15) is 0 Å². The van der Waals surface area contributed by atoms with E-state index in [4.69, 9.17) is 0 Å². The van der Waals surface area contributed by atoms with Crippen LogP contribution in [0.1, 0.15) is 17.5 Å². The molecular weight excluding hydrogens is 392 g/mol. The van der Waals surface area contributed by atoms with Gasteiger partial charge in [-0.3, -0.25) is 4.79 Å². The first-order valence-corrected chi connectivity index (χ1v) is 9.68. The second kappa shape index (κ2) is 7.92. The number of nitrogens with one attached hydrogen (secondary N) is 2. The van der Waals surface area contributed by atoms with Crippen molar-refractivity contribution in [3.8, 4) is 0 Å². The highest BCUT2D eigenvalue weighted by molar-refractivity contribution is 9.10. The molecule has 128 valence electrons. The molecule has 0 saturated heterocycles. The average molecular weight is 411 g/mol. The molecule has 0 bridgehead atoms. The van der Waals surface area contributed by atoms with Crippen molar-refractivity contribution < 1.29 is 13.2 Å². The first-order chi connectivity index (χ1) is 11.3. The van der Waals surface area contributed by atoms with Gasteiger partial charge >= 0.3 is 0 Å². The smallest absolute Gasteiger partial charge is 0.240 e.